The monoisotopic (exact) mass is 434 g/mol. The van der Waals surface area contributed by atoms with Crippen LogP contribution in [0.2, 0.25) is 0 Å². The predicted molar refractivity (Wildman–Crippen MR) is 102 cm³/mol. The second-order valence-corrected chi connectivity index (χ2v) is 7.73. The van der Waals surface area contributed by atoms with Crippen molar-refractivity contribution in [3.05, 3.63) is 45.4 Å². The largest absolute Gasteiger partial charge is 0.283 e. The fourth-order valence-corrected chi connectivity index (χ4v) is 4.99. The van der Waals surface area contributed by atoms with Gasteiger partial charge in [0.15, 0.2) is 10.8 Å². The lowest BCUT2D eigenvalue weighted by Crippen LogP contribution is -2.22. The number of fused-ring (bicyclic) bond motifs is 2. The van der Waals surface area contributed by atoms with Gasteiger partial charge in [-0.2, -0.15) is 5.10 Å². The number of hydrogen-bond donors (Lipinski definition) is 0. The van der Waals surface area contributed by atoms with E-state index >= 15 is 0 Å². The topological polar surface area (TPSA) is 78.5 Å². The van der Waals surface area contributed by atoms with Gasteiger partial charge in [0, 0.05) is 13.6 Å². The van der Waals surface area contributed by atoms with Gasteiger partial charge in [0.1, 0.15) is 20.8 Å². The highest BCUT2D eigenvalue weighted by molar-refractivity contribution is 9.10. The van der Waals surface area contributed by atoms with Crippen LogP contribution in [0, 0.1) is 0 Å². The van der Waals surface area contributed by atoms with Gasteiger partial charge in [0.2, 0.25) is 0 Å². The summed E-state index contributed by atoms with van der Waals surface area (Å²) in [6.45, 7) is 4.12. The van der Waals surface area contributed by atoms with E-state index in [1.807, 2.05) is 12.4 Å². The maximum Gasteiger partial charge on any atom is 0.263 e. The molecule has 4 aromatic rings. The third-order valence-corrected chi connectivity index (χ3v) is 5.95. The number of allylic oxidation sites excluding steroid dienone is 1. The van der Waals surface area contributed by atoms with E-state index in [2.05, 4.69) is 42.6 Å². The van der Waals surface area contributed by atoms with Gasteiger partial charge in [0.05, 0.1) is 10.8 Å². The van der Waals surface area contributed by atoms with Crippen LogP contribution in [0.15, 0.2) is 50.0 Å². The summed E-state index contributed by atoms with van der Waals surface area (Å²) in [4.78, 5) is 26.7. The number of aromatic nitrogens is 6. The summed E-state index contributed by atoms with van der Waals surface area (Å²) in [6.07, 6.45) is 3.17. The van der Waals surface area contributed by atoms with E-state index in [9.17, 15) is 4.79 Å². The van der Waals surface area contributed by atoms with Gasteiger partial charge < -0.3 is 0 Å². The van der Waals surface area contributed by atoms with Crippen molar-refractivity contribution in [3.63, 3.8) is 0 Å². The molecule has 0 atom stereocenters. The Bertz CT molecular complexity index is 1180. The van der Waals surface area contributed by atoms with Gasteiger partial charge in [-0.3, -0.25) is 9.36 Å². The van der Waals surface area contributed by atoms with E-state index in [4.69, 9.17) is 0 Å². The van der Waals surface area contributed by atoms with Crippen LogP contribution < -0.4 is 5.56 Å². The third-order valence-electron chi connectivity index (χ3n) is 3.59. The summed E-state index contributed by atoms with van der Waals surface area (Å²) in [5, 5.41) is 8.85. The van der Waals surface area contributed by atoms with Crippen molar-refractivity contribution < 1.29 is 0 Å². The zero-order valence-corrected chi connectivity index (χ0v) is 16.2. The molecule has 0 aromatic carbocycles. The second-order valence-electron chi connectivity index (χ2n) is 5.13. The molecule has 0 spiro atoms. The maximum atomic E-state index is 12.7. The molecule has 126 valence electrons. The number of nitrogens with zero attached hydrogens (tertiary/aromatic N) is 6. The van der Waals surface area contributed by atoms with Crippen molar-refractivity contribution in [1.82, 2.24) is 29.3 Å². The first-order valence-corrected chi connectivity index (χ1v) is 9.69. The predicted octanol–water partition coefficient (Wildman–Crippen LogP) is 3.23. The molecule has 0 N–H and O–H groups in total. The summed E-state index contributed by atoms with van der Waals surface area (Å²) in [7, 11) is 1.82. The number of rotatable bonds is 4. The first kappa shape index (κ1) is 16.4. The minimum absolute atomic E-state index is 0.0794. The average molecular weight is 435 g/mol. The van der Waals surface area contributed by atoms with Crippen LogP contribution in [0.1, 0.15) is 0 Å². The molecule has 0 bridgehead atoms. The number of aryl methyl sites for hydroxylation is 1. The van der Waals surface area contributed by atoms with Crippen LogP contribution in [-0.2, 0) is 13.6 Å². The summed E-state index contributed by atoms with van der Waals surface area (Å²) in [5.41, 5.74) is 0.628. The molecule has 0 saturated heterocycles. The quantitative estimate of drug-likeness (QED) is 0.278. The Morgan fingerprint density at radius 2 is 2.28 bits per heavy atom. The molecule has 0 aliphatic rings. The van der Waals surface area contributed by atoms with E-state index in [1.54, 1.807) is 21.4 Å². The molecule has 4 rings (SSSR count). The van der Waals surface area contributed by atoms with Crippen LogP contribution in [0.5, 0.6) is 0 Å². The average Bonchev–Trinajstić information content (AvgIpc) is 3.17. The van der Waals surface area contributed by atoms with Gasteiger partial charge in [-0.25, -0.2) is 19.6 Å². The van der Waals surface area contributed by atoms with E-state index in [0.29, 0.717) is 37.2 Å². The standard InChI is InChI=1S/C15H11BrN6OS2/c1-3-5-22-14(23)8-4-6-24-12(8)19-15(22)25-13-9-10(16)20-21(2)11(9)17-7-18-13/h3-4,6-7H,1,5H2,2H3. The highest BCUT2D eigenvalue weighted by Gasteiger charge is 2.18. The van der Waals surface area contributed by atoms with Gasteiger partial charge >= 0.3 is 0 Å². The Morgan fingerprint density at radius 1 is 1.44 bits per heavy atom. The first-order valence-electron chi connectivity index (χ1n) is 7.20. The van der Waals surface area contributed by atoms with E-state index < -0.39 is 0 Å². The number of thiophene rings is 1. The molecule has 7 nitrogen and oxygen atoms in total. The van der Waals surface area contributed by atoms with E-state index in [-0.39, 0.29) is 5.56 Å². The summed E-state index contributed by atoms with van der Waals surface area (Å²) in [6, 6.07) is 1.80. The smallest absolute Gasteiger partial charge is 0.263 e. The van der Waals surface area contributed by atoms with Crippen LogP contribution in [-0.4, -0.2) is 29.3 Å². The molecule has 4 aromatic heterocycles. The molecular formula is C15H11BrN6OS2. The minimum Gasteiger partial charge on any atom is -0.283 e. The van der Waals surface area contributed by atoms with E-state index in [1.165, 1.54) is 29.4 Å². The molecule has 4 heterocycles. The molecule has 0 aliphatic heterocycles. The van der Waals surface area contributed by atoms with Crippen LogP contribution in [0.3, 0.4) is 0 Å². The molecule has 0 fully saturated rings. The lowest BCUT2D eigenvalue weighted by molar-refractivity contribution is 0.672. The highest BCUT2D eigenvalue weighted by Crippen LogP contribution is 2.34. The lowest BCUT2D eigenvalue weighted by atomic mass is 10.4. The molecule has 0 radical (unpaired) electrons. The first-order chi connectivity index (χ1) is 12.1. The van der Waals surface area contributed by atoms with Crippen molar-refractivity contribution in [2.75, 3.05) is 0 Å². The van der Waals surface area contributed by atoms with Crippen LogP contribution >= 0.6 is 39.0 Å². The fraction of sp³-hybridized carbons (Fsp3) is 0.133. The maximum absolute atomic E-state index is 12.7. The Balaban J connectivity index is 1.93. The number of hydrogen-bond acceptors (Lipinski definition) is 7. The van der Waals surface area contributed by atoms with Gasteiger partial charge in [-0.05, 0) is 39.1 Å². The Hall–Kier alpha value is -2.04. The molecule has 0 unspecified atom stereocenters. The van der Waals surface area contributed by atoms with Crippen molar-refractivity contribution in [2.24, 2.45) is 7.05 Å². The Labute approximate surface area is 158 Å². The molecule has 0 aliphatic carbocycles. The zero-order valence-electron chi connectivity index (χ0n) is 13.0. The van der Waals surface area contributed by atoms with Crippen molar-refractivity contribution >= 4 is 60.3 Å². The Kier molecular flexibility index (Phi) is 4.18. The normalized spacial score (nSPS) is 11.4. The van der Waals surface area contributed by atoms with Crippen molar-refractivity contribution in [2.45, 2.75) is 16.7 Å². The van der Waals surface area contributed by atoms with Gasteiger partial charge in [-0.1, -0.05) is 6.08 Å². The fourth-order valence-electron chi connectivity index (χ4n) is 2.48. The Morgan fingerprint density at radius 3 is 3.08 bits per heavy atom. The van der Waals surface area contributed by atoms with Crippen LogP contribution in [0.25, 0.3) is 21.3 Å². The van der Waals surface area contributed by atoms with E-state index in [0.717, 1.165) is 5.39 Å². The van der Waals surface area contributed by atoms with Crippen molar-refractivity contribution in [1.29, 1.82) is 0 Å². The summed E-state index contributed by atoms with van der Waals surface area (Å²) >= 11 is 6.21. The molecule has 0 saturated carbocycles. The molecule has 0 amide bonds. The van der Waals surface area contributed by atoms with Crippen LogP contribution in [0.4, 0.5) is 0 Å². The third kappa shape index (κ3) is 2.70. The summed E-state index contributed by atoms with van der Waals surface area (Å²) in [5.74, 6) is 0. The highest BCUT2D eigenvalue weighted by atomic mass is 79.9. The minimum atomic E-state index is -0.0794. The number of halogens is 1. The SMILES string of the molecule is C=CCn1c(Sc2ncnc3c2c(Br)nn3C)nc2sccc2c1=O. The second kappa shape index (κ2) is 6.36. The zero-order chi connectivity index (χ0) is 17.6. The lowest BCUT2D eigenvalue weighted by Gasteiger charge is -2.09. The van der Waals surface area contributed by atoms with Crippen molar-refractivity contribution in [3.8, 4) is 0 Å². The van der Waals surface area contributed by atoms with Gasteiger partial charge in [0.25, 0.3) is 5.56 Å². The molecule has 10 heteroatoms. The molecular weight excluding hydrogens is 424 g/mol. The van der Waals surface area contributed by atoms with Gasteiger partial charge in [-0.15, -0.1) is 17.9 Å². The molecule has 25 heavy (non-hydrogen) atoms. The summed E-state index contributed by atoms with van der Waals surface area (Å²) < 4.78 is 3.94.